The summed E-state index contributed by atoms with van der Waals surface area (Å²) in [5.41, 5.74) is 4.09. The summed E-state index contributed by atoms with van der Waals surface area (Å²) in [5, 5.41) is 4.44. The summed E-state index contributed by atoms with van der Waals surface area (Å²) in [5.74, 6) is 0.826. The lowest BCUT2D eigenvalue weighted by atomic mass is 10.1. The van der Waals surface area contributed by atoms with E-state index in [1.165, 1.54) is 15.4 Å². The maximum absolute atomic E-state index is 12.8. The molecule has 1 aromatic heterocycles. The Morgan fingerprint density at radius 3 is 2.69 bits per heavy atom. The molecule has 0 spiro atoms. The quantitative estimate of drug-likeness (QED) is 0.588. The number of hydrogen-bond donors (Lipinski definition) is 2. The highest BCUT2D eigenvalue weighted by atomic mass is 32.2. The van der Waals surface area contributed by atoms with E-state index in [1.54, 1.807) is 13.1 Å². The van der Waals surface area contributed by atoms with Crippen LogP contribution in [0.5, 0.6) is 0 Å². The molecule has 1 atom stereocenters. The molecule has 0 unspecified atom stereocenters. The van der Waals surface area contributed by atoms with Crippen LogP contribution < -0.4 is 10.0 Å². The van der Waals surface area contributed by atoms with Gasteiger partial charge >= 0.3 is 10.2 Å². The van der Waals surface area contributed by atoms with Crippen molar-refractivity contribution in [1.29, 1.82) is 0 Å². The maximum Gasteiger partial charge on any atom is 0.301 e. The zero-order chi connectivity index (χ0) is 22.1. The van der Waals surface area contributed by atoms with Crippen LogP contribution in [-0.2, 0) is 21.4 Å². The minimum absolute atomic E-state index is 0.0438. The number of pyridine rings is 1. The highest BCUT2D eigenvalue weighted by Gasteiger charge is 2.28. The second-order valence-electron chi connectivity index (χ2n) is 8.51. The summed E-state index contributed by atoms with van der Waals surface area (Å²) >= 11 is 0. The Balaban J connectivity index is 1.31. The average molecular weight is 453 g/mol. The number of aromatic nitrogens is 1. The van der Waals surface area contributed by atoms with E-state index in [0.717, 1.165) is 29.6 Å². The smallest absolute Gasteiger partial charge is 0.301 e. The van der Waals surface area contributed by atoms with Crippen molar-refractivity contribution >= 4 is 32.6 Å². The molecular formula is C24H28N4O3S. The van der Waals surface area contributed by atoms with Crippen molar-refractivity contribution in [1.82, 2.24) is 9.29 Å². The number of fused-ring (bicyclic) bond motifs is 2. The Hall–Kier alpha value is -2.68. The zero-order valence-corrected chi connectivity index (χ0v) is 18.9. The molecule has 2 heterocycles. The number of aryl methyl sites for hydroxylation is 1. The Bertz CT molecular complexity index is 1220. The van der Waals surface area contributed by atoms with E-state index in [-0.39, 0.29) is 12.1 Å². The molecule has 2 N–H and O–H groups in total. The van der Waals surface area contributed by atoms with E-state index >= 15 is 0 Å². The summed E-state index contributed by atoms with van der Waals surface area (Å²) in [7, 11) is -2.01. The summed E-state index contributed by atoms with van der Waals surface area (Å²) in [4.78, 5) is 4.75. The molecule has 0 radical (unpaired) electrons. The fourth-order valence-corrected chi connectivity index (χ4v) is 5.79. The van der Waals surface area contributed by atoms with Gasteiger partial charge in [-0.25, -0.2) is 4.98 Å². The summed E-state index contributed by atoms with van der Waals surface area (Å²) < 4.78 is 35.1. The van der Waals surface area contributed by atoms with Gasteiger partial charge in [0.15, 0.2) is 0 Å². The van der Waals surface area contributed by atoms with Crippen LogP contribution in [0.4, 0.5) is 11.5 Å². The van der Waals surface area contributed by atoms with E-state index in [1.807, 2.05) is 24.3 Å². The fourth-order valence-electron chi connectivity index (χ4n) is 4.62. The highest BCUT2D eigenvalue weighted by molar-refractivity contribution is 7.90. The van der Waals surface area contributed by atoms with Crippen molar-refractivity contribution in [3.63, 3.8) is 0 Å². The summed E-state index contributed by atoms with van der Waals surface area (Å²) in [6.45, 7) is 1.18. The van der Waals surface area contributed by atoms with Crippen LogP contribution in [-0.4, -0.2) is 44.0 Å². The predicted molar refractivity (Wildman–Crippen MR) is 127 cm³/mol. The molecule has 5 rings (SSSR count). The van der Waals surface area contributed by atoms with Crippen molar-refractivity contribution in [2.24, 2.45) is 0 Å². The van der Waals surface area contributed by atoms with Gasteiger partial charge in [-0.15, -0.1) is 0 Å². The zero-order valence-electron chi connectivity index (χ0n) is 18.1. The van der Waals surface area contributed by atoms with Gasteiger partial charge in [-0.2, -0.15) is 12.7 Å². The molecule has 0 saturated carbocycles. The van der Waals surface area contributed by atoms with Crippen molar-refractivity contribution in [3.05, 3.63) is 65.7 Å². The van der Waals surface area contributed by atoms with Gasteiger partial charge in [-0.3, -0.25) is 4.72 Å². The maximum atomic E-state index is 12.8. The molecule has 2 aliphatic rings. The first-order valence-electron chi connectivity index (χ1n) is 11.1. The first-order chi connectivity index (χ1) is 15.5. The molecule has 3 aromatic rings. The second-order valence-corrected chi connectivity index (χ2v) is 10.2. The van der Waals surface area contributed by atoms with Gasteiger partial charge in [0, 0.05) is 31.7 Å². The number of rotatable bonds is 6. The van der Waals surface area contributed by atoms with Crippen LogP contribution in [0.3, 0.4) is 0 Å². The van der Waals surface area contributed by atoms with Gasteiger partial charge < -0.3 is 10.1 Å². The van der Waals surface area contributed by atoms with E-state index in [9.17, 15) is 8.42 Å². The van der Waals surface area contributed by atoms with Crippen molar-refractivity contribution in [2.75, 3.05) is 30.3 Å². The Labute approximate surface area is 189 Å². The number of anilines is 2. The molecule has 0 bridgehead atoms. The van der Waals surface area contributed by atoms with Crippen LogP contribution in [0.15, 0.2) is 54.6 Å². The number of ether oxygens (including phenoxy) is 1. The van der Waals surface area contributed by atoms with E-state index in [0.29, 0.717) is 31.7 Å². The lowest BCUT2D eigenvalue weighted by Gasteiger charge is -2.30. The topological polar surface area (TPSA) is 83.6 Å². The monoisotopic (exact) mass is 452 g/mol. The molecule has 2 aromatic carbocycles. The largest absolute Gasteiger partial charge is 0.381 e. The number of hydrogen-bond acceptors (Lipinski definition) is 5. The molecular weight excluding hydrogens is 424 g/mol. The van der Waals surface area contributed by atoms with Crippen LogP contribution in [0, 0.1) is 0 Å². The van der Waals surface area contributed by atoms with Gasteiger partial charge in [0.2, 0.25) is 0 Å². The van der Waals surface area contributed by atoms with Gasteiger partial charge in [-0.05, 0) is 67.1 Å². The van der Waals surface area contributed by atoms with Gasteiger partial charge in [0.25, 0.3) is 0 Å². The minimum atomic E-state index is -3.64. The Morgan fingerprint density at radius 1 is 1.03 bits per heavy atom. The molecule has 168 valence electrons. The first-order valence-corrected chi connectivity index (χ1v) is 12.5. The van der Waals surface area contributed by atoms with Crippen LogP contribution in [0.2, 0.25) is 0 Å². The Kier molecular flexibility index (Phi) is 5.75. The predicted octanol–water partition coefficient (Wildman–Crippen LogP) is 4.10. The number of nitrogens with zero attached hydrogens (tertiary/aromatic N) is 2. The molecule has 0 amide bonds. The number of benzene rings is 2. The van der Waals surface area contributed by atoms with Crippen molar-refractivity contribution in [3.8, 4) is 0 Å². The average Bonchev–Trinajstić information content (AvgIpc) is 3.22. The first kappa shape index (κ1) is 21.2. The molecule has 7 nitrogen and oxygen atoms in total. The van der Waals surface area contributed by atoms with Crippen LogP contribution in [0.1, 0.15) is 36.4 Å². The van der Waals surface area contributed by atoms with Gasteiger partial charge in [0.1, 0.15) is 5.82 Å². The molecule has 8 heteroatoms. The van der Waals surface area contributed by atoms with Gasteiger partial charge in [-0.1, -0.05) is 24.3 Å². The van der Waals surface area contributed by atoms with Gasteiger partial charge in [0.05, 0.1) is 17.2 Å². The lowest BCUT2D eigenvalue weighted by molar-refractivity contribution is 0.0633. The van der Waals surface area contributed by atoms with E-state index in [4.69, 9.17) is 9.72 Å². The molecule has 1 fully saturated rings. The normalized spacial score (nSPS) is 19.2. The third kappa shape index (κ3) is 4.30. The van der Waals surface area contributed by atoms with E-state index < -0.39 is 10.2 Å². The highest BCUT2D eigenvalue weighted by Crippen LogP contribution is 2.33. The third-order valence-electron chi connectivity index (χ3n) is 6.48. The second kappa shape index (κ2) is 8.69. The molecule has 1 saturated heterocycles. The lowest BCUT2D eigenvalue weighted by Crippen LogP contribution is -2.43. The van der Waals surface area contributed by atoms with Crippen molar-refractivity contribution < 1.29 is 13.2 Å². The molecule has 1 aliphatic carbocycles. The summed E-state index contributed by atoms with van der Waals surface area (Å²) in [6.07, 6.45) is 3.55. The standard InChI is InChI=1S/C24H28N4O3S/c1-28(20-12-14-31-15-13-20)32(29,30)27-19-8-10-22-18(16-19)7-11-24(25-22)26-23-9-6-17-4-2-3-5-21(17)23/h2-5,7-8,10-11,16,20,23,27H,6,9,12-15H2,1H3,(H,25,26)/t23-/m1/s1. The molecule has 32 heavy (non-hydrogen) atoms. The Morgan fingerprint density at radius 2 is 1.84 bits per heavy atom. The SMILES string of the molecule is CN(C1CCOCC1)S(=O)(=O)Nc1ccc2nc(N[C@@H]3CCc4ccccc43)ccc2c1. The van der Waals surface area contributed by atoms with Crippen LogP contribution in [0.25, 0.3) is 10.9 Å². The fraction of sp³-hybridized carbons (Fsp3) is 0.375. The summed E-state index contributed by atoms with van der Waals surface area (Å²) in [6, 6.07) is 18.1. The van der Waals surface area contributed by atoms with E-state index in [2.05, 4.69) is 34.3 Å². The third-order valence-corrected chi connectivity index (χ3v) is 8.03. The van der Waals surface area contributed by atoms with Crippen molar-refractivity contribution in [2.45, 2.75) is 37.8 Å². The molecule has 1 aliphatic heterocycles. The van der Waals surface area contributed by atoms with Crippen LogP contribution >= 0.6 is 0 Å². The number of nitrogens with one attached hydrogen (secondary N) is 2. The minimum Gasteiger partial charge on any atom is -0.381 e.